The third kappa shape index (κ3) is 7.45. The van der Waals surface area contributed by atoms with Crippen molar-refractivity contribution in [1.29, 1.82) is 0 Å². The Labute approximate surface area is 236 Å². The molecule has 1 saturated heterocycles. The molecule has 11 nitrogen and oxygen atoms in total. The molecule has 2 N–H and O–H groups in total. The van der Waals surface area contributed by atoms with Crippen molar-refractivity contribution in [1.82, 2.24) is 35.2 Å². The fraction of sp³-hybridized carbons (Fsp3) is 0.621. The molecule has 3 heterocycles. The molecular formula is C29H43N7O4. The number of hydrogen-bond donors (Lipinski definition) is 2. The zero-order chi connectivity index (χ0) is 28.6. The third-order valence-corrected chi connectivity index (χ3v) is 7.94. The van der Waals surface area contributed by atoms with Gasteiger partial charge >= 0.3 is 0 Å². The Morgan fingerprint density at radius 3 is 2.62 bits per heavy atom. The first-order chi connectivity index (χ1) is 19.3. The van der Waals surface area contributed by atoms with Gasteiger partial charge in [0, 0.05) is 26.1 Å². The van der Waals surface area contributed by atoms with Crippen molar-refractivity contribution in [2.75, 3.05) is 39.9 Å². The molecule has 218 valence electrons. The first kappa shape index (κ1) is 29.7. The van der Waals surface area contributed by atoms with Gasteiger partial charge in [-0.2, -0.15) is 5.10 Å². The van der Waals surface area contributed by atoms with Crippen LogP contribution in [0.15, 0.2) is 30.3 Å². The van der Waals surface area contributed by atoms with Gasteiger partial charge in [-0.1, -0.05) is 50.6 Å². The lowest BCUT2D eigenvalue weighted by atomic mass is 9.97. The molecular weight excluding hydrogens is 510 g/mol. The van der Waals surface area contributed by atoms with Gasteiger partial charge in [0.25, 0.3) is 0 Å². The fourth-order valence-corrected chi connectivity index (χ4v) is 5.30. The highest BCUT2D eigenvalue weighted by Crippen LogP contribution is 2.20. The molecule has 4 atom stereocenters. The number of aromatic nitrogens is 3. The number of ether oxygens (including phenoxy) is 1. The van der Waals surface area contributed by atoms with Crippen LogP contribution in [-0.4, -0.2) is 94.3 Å². The quantitative estimate of drug-likeness (QED) is 0.575. The van der Waals surface area contributed by atoms with E-state index in [9.17, 15) is 14.4 Å². The standard InChI is InChI=1S/C29H43N7O4/c1-5-20(2)26-28(38)31-23(18-22-10-7-6-8-11-22)27-30-21(3)33-36(27)15-14-35(13-9-12-25(37)32-26)29(39)24-19-40-17-16-34(24)4/h6-8,10-11,20,23-24,26H,5,9,12-19H2,1-4H3,(H,31,38)(H,32,37)/t20-,23-,24-,26-/m0/s1. The van der Waals surface area contributed by atoms with Crippen molar-refractivity contribution >= 4 is 17.7 Å². The largest absolute Gasteiger partial charge is 0.378 e. The zero-order valence-electron chi connectivity index (χ0n) is 24.1. The number of fused-ring (bicyclic) bond motifs is 1. The maximum atomic E-state index is 13.6. The number of rotatable bonds is 5. The Morgan fingerprint density at radius 1 is 1.12 bits per heavy atom. The van der Waals surface area contributed by atoms with Crippen LogP contribution in [0.3, 0.4) is 0 Å². The second-order valence-corrected chi connectivity index (χ2v) is 10.9. The SMILES string of the molecule is CC[C@H](C)[C@@H]1NC(=O)CCCN(C(=O)[C@@H]2COCCN2C)CCn2nc(C)nc2[C@H](Cc2ccccc2)NC1=O. The highest BCUT2D eigenvalue weighted by molar-refractivity contribution is 5.88. The summed E-state index contributed by atoms with van der Waals surface area (Å²) in [5.41, 5.74) is 1.04. The molecule has 0 saturated carbocycles. The average Bonchev–Trinajstić information content (AvgIpc) is 3.32. The zero-order valence-corrected chi connectivity index (χ0v) is 24.1. The molecule has 0 aliphatic carbocycles. The minimum Gasteiger partial charge on any atom is -0.378 e. The van der Waals surface area contributed by atoms with E-state index in [0.29, 0.717) is 63.9 Å². The van der Waals surface area contributed by atoms with E-state index in [-0.39, 0.29) is 36.1 Å². The summed E-state index contributed by atoms with van der Waals surface area (Å²) in [6.45, 7) is 8.69. The van der Waals surface area contributed by atoms with Crippen molar-refractivity contribution in [2.45, 2.75) is 71.1 Å². The summed E-state index contributed by atoms with van der Waals surface area (Å²) in [7, 11) is 1.94. The topological polar surface area (TPSA) is 122 Å². The van der Waals surface area contributed by atoms with Crippen molar-refractivity contribution in [3.05, 3.63) is 47.5 Å². The van der Waals surface area contributed by atoms with Crippen molar-refractivity contribution in [2.24, 2.45) is 5.92 Å². The minimum atomic E-state index is -0.679. The number of aryl methyl sites for hydroxylation is 1. The van der Waals surface area contributed by atoms with Gasteiger partial charge in [-0.3, -0.25) is 19.3 Å². The van der Waals surface area contributed by atoms with E-state index in [1.165, 1.54) is 0 Å². The van der Waals surface area contributed by atoms with Crippen LogP contribution in [0.5, 0.6) is 0 Å². The van der Waals surface area contributed by atoms with E-state index in [0.717, 1.165) is 12.0 Å². The number of carbonyl (C=O) groups is 3. The summed E-state index contributed by atoms with van der Waals surface area (Å²) < 4.78 is 7.43. The number of hydrogen-bond acceptors (Lipinski definition) is 7. The molecule has 0 spiro atoms. The summed E-state index contributed by atoms with van der Waals surface area (Å²) in [6, 6.07) is 8.41. The second kappa shape index (κ2) is 13.8. The average molecular weight is 554 g/mol. The van der Waals surface area contributed by atoms with Crippen molar-refractivity contribution in [3.63, 3.8) is 0 Å². The van der Waals surface area contributed by atoms with Gasteiger partial charge < -0.3 is 20.3 Å². The molecule has 0 bridgehead atoms. The van der Waals surface area contributed by atoms with Crippen LogP contribution in [-0.2, 0) is 32.1 Å². The summed E-state index contributed by atoms with van der Waals surface area (Å²) in [4.78, 5) is 48.8. The molecule has 3 amide bonds. The molecule has 4 rings (SSSR count). The molecule has 40 heavy (non-hydrogen) atoms. The first-order valence-corrected chi connectivity index (χ1v) is 14.4. The number of likely N-dealkylation sites (N-methyl/N-ethyl adjacent to an activating group) is 1. The van der Waals surface area contributed by atoms with E-state index in [4.69, 9.17) is 9.72 Å². The summed E-state index contributed by atoms with van der Waals surface area (Å²) >= 11 is 0. The molecule has 0 radical (unpaired) electrons. The minimum absolute atomic E-state index is 0.0142. The van der Waals surface area contributed by atoms with Crippen LogP contribution in [0.1, 0.15) is 56.4 Å². The van der Waals surface area contributed by atoms with Gasteiger partial charge in [-0.05, 0) is 38.3 Å². The molecule has 0 unspecified atom stereocenters. The molecule has 11 heteroatoms. The van der Waals surface area contributed by atoms with Gasteiger partial charge in [0.05, 0.1) is 25.8 Å². The lowest BCUT2D eigenvalue weighted by Crippen LogP contribution is -2.54. The predicted octanol–water partition coefficient (Wildman–Crippen LogP) is 1.47. The normalized spacial score (nSPS) is 24.4. The number of benzene rings is 1. The number of carbonyl (C=O) groups excluding carboxylic acids is 3. The van der Waals surface area contributed by atoms with Crippen LogP contribution in [0.25, 0.3) is 0 Å². The Hall–Kier alpha value is -3.31. The highest BCUT2D eigenvalue weighted by Gasteiger charge is 2.33. The summed E-state index contributed by atoms with van der Waals surface area (Å²) in [5, 5.41) is 10.8. The summed E-state index contributed by atoms with van der Waals surface area (Å²) in [5.74, 6) is 0.725. The smallest absolute Gasteiger partial charge is 0.243 e. The van der Waals surface area contributed by atoms with E-state index in [1.807, 2.05) is 72.6 Å². The number of nitrogens with one attached hydrogen (secondary N) is 2. The molecule has 2 aromatic rings. The van der Waals surface area contributed by atoms with E-state index in [2.05, 4.69) is 15.7 Å². The lowest BCUT2D eigenvalue weighted by Gasteiger charge is -2.35. The van der Waals surface area contributed by atoms with E-state index in [1.54, 1.807) is 0 Å². The number of morpholine rings is 1. The van der Waals surface area contributed by atoms with Crippen molar-refractivity contribution in [3.8, 4) is 0 Å². The Morgan fingerprint density at radius 2 is 1.90 bits per heavy atom. The Balaban J connectivity index is 1.67. The number of nitrogens with zero attached hydrogens (tertiary/aromatic N) is 5. The first-order valence-electron chi connectivity index (χ1n) is 14.4. The molecule has 1 aromatic heterocycles. The van der Waals surface area contributed by atoms with Crippen LogP contribution in [0, 0.1) is 12.8 Å². The van der Waals surface area contributed by atoms with Crippen LogP contribution < -0.4 is 10.6 Å². The van der Waals surface area contributed by atoms with Gasteiger partial charge in [0.15, 0.2) is 0 Å². The van der Waals surface area contributed by atoms with Crippen LogP contribution in [0.2, 0.25) is 0 Å². The maximum Gasteiger partial charge on any atom is 0.243 e. The predicted molar refractivity (Wildman–Crippen MR) is 150 cm³/mol. The monoisotopic (exact) mass is 553 g/mol. The second-order valence-electron chi connectivity index (χ2n) is 10.9. The molecule has 2 aliphatic rings. The van der Waals surface area contributed by atoms with E-state index < -0.39 is 12.1 Å². The molecule has 1 aromatic carbocycles. The highest BCUT2D eigenvalue weighted by atomic mass is 16.5. The van der Waals surface area contributed by atoms with Crippen LogP contribution in [0.4, 0.5) is 0 Å². The van der Waals surface area contributed by atoms with Gasteiger partial charge in [-0.15, -0.1) is 0 Å². The lowest BCUT2D eigenvalue weighted by molar-refractivity contribution is -0.142. The van der Waals surface area contributed by atoms with Gasteiger partial charge in [-0.25, -0.2) is 9.67 Å². The Bertz CT molecular complexity index is 1150. The fourth-order valence-electron chi connectivity index (χ4n) is 5.30. The third-order valence-electron chi connectivity index (χ3n) is 7.94. The van der Waals surface area contributed by atoms with E-state index >= 15 is 0 Å². The number of amides is 3. The molecule has 1 fully saturated rings. The summed E-state index contributed by atoms with van der Waals surface area (Å²) in [6.07, 6.45) is 1.96. The van der Waals surface area contributed by atoms with Gasteiger partial charge in [0.1, 0.15) is 23.7 Å². The van der Waals surface area contributed by atoms with Crippen LogP contribution >= 0.6 is 0 Å². The van der Waals surface area contributed by atoms with Gasteiger partial charge in [0.2, 0.25) is 17.7 Å². The Kier molecular flexibility index (Phi) is 10.3. The molecule has 2 aliphatic heterocycles. The van der Waals surface area contributed by atoms with Crippen molar-refractivity contribution < 1.29 is 19.1 Å². The maximum absolute atomic E-state index is 13.6.